The molecule has 0 bridgehead atoms. The molecule has 0 unspecified atom stereocenters. The van der Waals surface area contributed by atoms with Crippen LogP contribution in [0.2, 0.25) is 0 Å². The summed E-state index contributed by atoms with van der Waals surface area (Å²) in [7, 11) is 0. The summed E-state index contributed by atoms with van der Waals surface area (Å²) in [4.78, 5) is 13.2. The Bertz CT molecular complexity index is 579. The Morgan fingerprint density at radius 3 is 2.41 bits per heavy atom. The van der Waals surface area contributed by atoms with E-state index in [9.17, 15) is 13.2 Å². The maximum absolute atomic E-state index is 12.5. The zero-order chi connectivity index (χ0) is 12.5. The van der Waals surface area contributed by atoms with Crippen LogP contribution in [0.1, 0.15) is 5.69 Å². The van der Waals surface area contributed by atoms with Crippen molar-refractivity contribution in [2.24, 2.45) is 0 Å². The summed E-state index contributed by atoms with van der Waals surface area (Å²) in [6.07, 6.45) is -0.493. The molecule has 0 radical (unpaired) electrons. The first-order chi connectivity index (χ1) is 7.97. The van der Waals surface area contributed by atoms with Gasteiger partial charge in [0.25, 0.3) is 0 Å². The Balaban J connectivity index is 2.58. The van der Waals surface area contributed by atoms with Crippen molar-refractivity contribution in [1.29, 1.82) is 0 Å². The maximum atomic E-state index is 12.5. The lowest BCUT2D eigenvalue weighted by molar-refractivity contribution is -0.141. The van der Waals surface area contributed by atoms with Gasteiger partial charge >= 0.3 is 6.18 Å². The molecule has 0 saturated carbocycles. The lowest BCUT2D eigenvalue weighted by atomic mass is 10.2. The molecule has 2 aromatic heterocycles. The molecule has 0 amide bonds. The quantitative estimate of drug-likeness (QED) is 0.799. The number of nitrogens with zero attached hydrogens (tertiary/aromatic N) is 3. The summed E-state index contributed by atoms with van der Waals surface area (Å²) in [6.45, 7) is 0. The fourth-order valence-electron chi connectivity index (χ4n) is 1.19. The molecule has 0 saturated heterocycles. The van der Waals surface area contributed by atoms with Crippen molar-refractivity contribution in [2.45, 2.75) is 6.18 Å². The molecule has 0 aromatic carbocycles. The number of H-pyrrole nitrogens is 1. The third-order valence-corrected chi connectivity index (χ3v) is 2.10. The van der Waals surface area contributed by atoms with Gasteiger partial charge in [0, 0.05) is 18.0 Å². The fraction of sp³-hybridized carbons (Fsp3) is 0.111. The Morgan fingerprint density at radius 1 is 1.18 bits per heavy atom. The number of nitrogens with one attached hydrogen (secondary N) is 1. The Kier molecular flexibility index (Phi) is 2.88. The van der Waals surface area contributed by atoms with Gasteiger partial charge in [-0.1, -0.05) is 0 Å². The number of aromatic amines is 1. The SMILES string of the molecule is FC(F)(F)c1cc(-c2cncnc2)nc(=S)[nH]1. The summed E-state index contributed by atoms with van der Waals surface area (Å²) in [6, 6.07) is 0.870. The van der Waals surface area contributed by atoms with E-state index in [0.29, 0.717) is 5.56 Å². The highest BCUT2D eigenvalue weighted by Crippen LogP contribution is 2.29. The van der Waals surface area contributed by atoms with Gasteiger partial charge < -0.3 is 4.98 Å². The highest BCUT2D eigenvalue weighted by molar-refractivity contribution is 7.71. The number of hydrogen-bond donors (Lipinski definition) is 1. The van der Waals surface area contributed by atoms with Crippen molar-refractivity contribution >= 4 is 12.2 Å². The van der Waals surface area contributed by atoms with Crippen molar-refractivity contribution in [3.05, 3.63) is 35.3 Å². The second-order valence-electron chi connectivity index (χ2n) is 3.11. The van der Waals surface area contributed by atoms with Gasteiger partial charge in [-0.05, 0) is 18.3 Å². The van der Waals surface area contributed by atoms with E-state index in [1.807, 2.05) is 4.98 Å². The standard InChI is InChI=1S/C9H5F3N4S/c10-9(11,12)7-1-6(15-8(17)16-7)5-2-13-4-14-3-5/h1-4H,(H,15,16,17). The highest BCUT2D eigenvalue weighted by Gasteiger charge is 2.32. The third kappa shape index (κ3) is 2.64. The lowest BCUT2D eigenvalue weighted by Gasteiger charge is -2.07. The van der Waals surface area contributed by atoms with Crippen LogP contribution < -0.4 is 0 Å². The second kappa shape index (κ2) is 4.21. The van der Waals surface area contributed by atoms with Gasteiger partial charge in [-0.2, -0.15) is 13.2 Å². The second-order valence-corrected chi connectivity index (χ2v) is 3.50. The number of alkyl halides is 3. The van der Waals surface area contributed by atoms with Gasteiger partial charge in [-0.3, -0.25) is 0 Å². The average molecular weight is 258 g/mol. The molecule has 0 fully saturated rings. The topological polar surface area (TPSA) is 54.5 Å². The van der Waals surface area contributed by atoms with Gasteiger partial charge in [0.2, 0.25) is 0 Å². The molecular formula is C9H5F3N4S. The minimum atomic E-state index is -4.50. The molecule has 0 aliphatic rings. The first-order valence-corrected chi connectivity index (χ1v) is 4.81. The number of rotatable bonds is 1. The van der Waals surface area contributed by atoms with Gasteiger partial charge in [0.05, 0.1) is 5.69 Å². The Hall–Kier alpha value is -1.83. The number of halogens is 3. The van der Waals surface area contributed by atoms with Gasteiger partial charge in [-0.25, -0.2) is 15.0 Å². The smallest absolute Gasteiger partial charge is 0.327 e. The first kappa shape index (κ1) is 11.6. The van der Waals surface area contributed by atoms with Crippen LogP contribution >= 0.6 is 12.2 Å². The van der Waals surface area contributed by atoms with Crippen molar-refractivity contribution in [2.75, 3.05) is 0 Å². The van der Waals surface area contributed by atoms with E-state index in [1.165, 1.54) is 18.7 Å². The van der Waals surface area contributed by atoms with Crippen molar-refractivity contribution in [1.82, 2.24) is 19.9 Å². The Labute approximate surface area is 98.6 Å². The van der Waals surface area contributed by atoms with E-state index in [4.69, 9.17) is 0 Å². The molecule has 17 heavy (non-hydrogen) atoms. The van der Waals surface area contributed by atoms with Crippen molar-refractivity contribution < 1.29 is 13.2 Å². The van der Waals surface area contributed by atoms with Gasteiger partial charge in [0.15, 0.2) is 4.77 Å². The zero-order valence-electron chi connectivity index (χ0n) is 8.19. The zero-order valence-corrected chi connectivity index (χ0v) is 9.01. The van der Waals surface area contributed by atoms with Crippen LogP contribution in [-0.4, -0.2) is 19.9 Å². The van der Waals surface area contributed by atoms with E-state index in [1.54, 1.807) is 0 Å². The number of hydrogen-bond acceptors (Lipinski definition) is 4. The average Bonchev–Trinajstić information content (AvgIpc) is 2.28. The molecule has 0 atom stereocenters. The van der Waals surface area contributed by atoms with Gasteiger partial charge in [0.1, 0.15) is 12.0 Å². The summed E-state index contributed by atoms with van der Waals surface area (Å²) < 4.78 is 37.3. The lowest BCUT2D eigenvalue weighted by Crippen LogP contribution is -2.09. The first-order valence-electron chi connectivity index (χ1n) is 4.41. The van der Waals surface area contributed by atoms with Crippen LogP contribution in [0.5, 0.6) is 0 Å². The van der Waals surface area contributed by atoms with E-state index in [0.717, 1.165) is 6.07 Å². The molecular weight excluding hydrogens is 253 g/mol. The molecule has 0 spiro atoms. The van der Waals surface area contributed by atoms with Crippen LogP contribution in [0.4, 0.5) is 13.2 Å². The van der Waals surface area contributed by atoms with E-state index >= 15 is 0 Å². The van der Waals surface area contributed by atoms with Crippen molar-refractivity contribution in [3.8, 4) is 11.3 Å². The summed E-state index contributed by atoms with van der Waals surface area (Å²) in [5, 5.41) is 0. The molecule has 88 valence electrons. The predicted molar refractivity (Wildman–Crippen MR) is 55.4 cm³/mol. The predicted octanol–water partition coefficient (Wildman–Crippen LogP) is 2.61. The normalized spacial score (nSPS) is 11.5. The maximum Gasteiger partial charge on any atom is 0.431 e. The minimum absolute atomic E-state index is 0.0849. The molecule has 0 aliphatic carbocycles. The van der Waals surface area contributed by atoms with Gasteiger partial charge in [-0.15, -0.1) is 0 Å². The van der Waals surface area contributed by atoms with Crippen LogP contribution in [0.3, 0.4) is 0 Å². The summed E-state index contributed by atoms with van der Waals surface area (Å²) in [5.74, 6) is 0. The molecule has 1 N–H and O–H groups in total. The summed E-state index contributed by atoms with van der Waals surface area (Å²) in [5.41, 5.74) is -0.490. The van der Waals surface area contributed by atoms with E-state index in [2.05, 4.69) is 27.2 Å². The monoisotopic (exact) mass is 258 g/mol. The molecule has 2 heterocycles. The molecule has 8 heteroatoms. The largest absolute Gasteiger partial charge is 0.431 e. The highest BCUT2D eigenvalue weighted by atomic mass is 32.1. The van der Waals surface area contributed by atoms with Crippen molar-refractivity contribution in [3.63, 3.8) is 0 Å². The molecule has 2 rings (SSSR count). The minimum Gasteiger partial charge on any atom is -0.327 e. The fourth-order valence-corrected chi connectivity index (χ4v) is 1.40. The third-order valence-electron chi connectivity index (χ3n) is 1.91. The number of aromatic nitrogens is 4. The molecule has 0 aliphatic heterocycles. The van der Waals surface area contributed by atoms with E-state index < -0.39 is 11.9 Å². The molecule has 4 nitrogen and oxygen atoms in total. The van der Waals surface area contributed by atoms with Crippen LogP contribution in [0.15, 0.2) is 24.8 Å². The van der Waals surface area contributed by atoms with Crippen LogP contribution in [-0.2, 0) is 6.18 Å². The Morgan fingerprint density at radius 2 is 1.82 bits per heavy atom. The van der Waals surface area contributed by atoms with Crippen LogP contribution in [0, 0.1) is 4.77 Å². The van der Waals surface area contributed by atoms with E-state index in [-0.39, 0.29) is 10.5 Å². The van der Waals surface area contributed by atoms with Crippen LogP contribution in [0.25, 0.3) is 11.3 Å². The molecule has 2 aromatic rings. The summed E-state index contributed by atoms with van der Waals surface area (Å²) >= 11 is 4.65.